The number of benzene rings is 2. The fourth-order valence-electron chi connectivity index (χ4n) is 2.67. The molecule has 7 heteroatoms. The van der Waals surface area contributed by atoms with E-state index in [0.29, 0.717) is 22.2 Å². The van der Waals surface area contributed by atoms with Crippen molar-refractivity contribution in [2.45, 2.75) is 6.92 Å². The first-order valence-electron chi connectivity index (χ1n) is 8.25. The molecule has 2 heterocycles. The van der Waals surface area contributed by atoms with Crippen LogP contribution in [0.3, 0.4) is 0 Å². The summed E-state index contributed by atoms with van der Waals surface area (Å²) < 4.78 is 5.36. The van der Waals surface area contributed by atoms with Crippen molar-refractivity contribution in [2.75, 3.05) is 0 Å². The van der Waals surface area contributed by atoms with Crippen molar-refractivity contribution >= 4 is 34.8 Å². The molecular formula is C20H15ClN4O2. The average Bonchev–Trinajstić information content (AvgIpc) is 3.27. The second-order valence-electron chi connectivity index (χ2n) is 5.94. The standard InChI is InChI=1S/C20H15ClN4O2/c1-12-6-8-14(27-12)11-22-25-20(26)13-7-9-17-18(10-13)24-19(23-17)15-4-2-3-5-16(15)21/h2-11H,1H3,(H,23,24)(H,25,26)/b22-11+. The van der Waals surface area contributed by atoms with Crippen LogP contribution in [-0.2, 0) is 0 Å². The van der Waals surface area contributed by atoms with Crippen LogP contribution in [0.4, 0.5) is 0 Å². The molecule has 0 saturated carbocycles. The number of amides is 1. The molecule has 0 unspecified atom stereocenters. The number of H-pyrrole nitrogens is 1. The van der Waals surface area contributed by atoms with Crippen LogP contribution in [0.15, 0.2) is 64.1 Å². The van der Waals surface area contributed by atoms with E-state index in [1.807, 2.05) is 37.3 Å². The van der Waals surface area contributed by atoms with Crippen LogP contribution in [0.5, 0.6) is 0 Å². The van der Waals surface area contributed by atoms with E-state index in [0.717, 1.165) is 22.4 Å². The van der Waals surface area contributed by atoms with Crippen molar-refractivity contribution in [2.24, 2.45) is 5.10 Å². The molecular weight excluding hydrogens is 364 g/mol. The maximum absolute atomic E-state index is 12.3. The number of carbonyl (C=O) groups is 1. The molecule has 0 fully saturated rings. The summed E-state index contributed by atoms with van der Waals surface area (Å²) >= 11 is 6.23. The van der Waals surface area contributed by atoms with Gasteiger partial charge in [0, 0.05) is 11.1 Å². The SMILES string of the molecule is Cc1ccc(/C=N/NC(=O)c2ccc3nc(-c4ccccc4Cl)[nH]c3c2)o1. The lowest BCUT2D eigenvalue weighted by Crippen LogP contribution is -2.17. The molecule has 4 aromatic rings. The second-order valence-corrected chi connectivity index (χ2v) is 6.35. The second kappa shape index (κ2) is 7.09. The number of nitrogens with one attached hydrogen (secondary N) is 2. The van der Waals surface area contributed by atoms with E-state index in [4.69, 9.17) is 16.0 Å². The lowest BCUT2D eigenvalue weighted by Gasteiger charge is -1.99. The number of hydrogen-bond acceptors (Lipinski definition) is 4. The van der Waals surface area contributed by atoms with E-state index in [-0.39, 0.29) is 5.91 Å². The number of aromatic amines is 1. The highest BCUT2D eigenvalue weighted by Gasteiger charge is 2.11. The lowest BCUT2D eigenvalue weighted by atomic mass is 10.2. The predicted octanol–water partition coefficient (Wildman–Crippen LogP) is 4.55. The first kappa shape index (κ1) is 17.1. The molecule has 0 spiro atoms. The Morgan fingerprint density at radius 1 is 1.22 bits per heavy atom. The van der Waals surface area contributed by atoms with Gasteiger partial charge in [-0.15, -0.1) is 0 Å². The predicted molar refractivity (Wildman–Crippen MR) is 105 cm³/mol. The van der Waals surface area contributed by atoms with Crippen LogP contribution in [0.1, 0.15) is 21.9 Å². The Hall–Kier alpha value is -3.38. The zero-order valence-corrected chi connectivity index (χ0v) is 15.1. The summed E-state index contributed by atoms with van der Waals surface area (Å²) in [6.45, 7) is 1.84. The maximum Gasteiger partial charge on any atom is 0.271 e. The minimum Gasteiger partial charge on any atom is -0.460 e. The maximum atomic E-state index is 12.3. The normalized spacial score (nSPS) is 11.3. The molecule has 27 heavy (non-hydrogen) atoms. The molecule has 0 radical (unpaired) electrons. The minimum atomic E-state index is -0.328. The van der Waals surface area contributed by atoms with Crippen molar-refractivity contribution in [3.63, 3.8) is 0 Å². The number of aryl methyl sites for hydroxylation is 1. The quantitative estimate of drug-likeness (QED) is 0.403. The first-order chi connectivity index (χ1) is 13.1. The van der Waals surface area contributed by atoms with Gasteiger partial charge in [-0.3, -0.25) is 4.79 Å². The summed E-state index contributed by atoms with van der Waals surface area (Å²) in [6, 6.07) is 16.3. The highest BCUT2D eigenvalue weighted by atomic mass is 35.5. The van der Waals surface area contributed by atoms with Crippen LogP contribution in [0, 0.1) is 6.92 Å². The molecule has 6 nitrogen and oxygen atoms in total. The Kier molecular flexibility index (Phi) is 4.48. The van der Waals surface area contributed by atoms with Crippen molar-refractivity contribution in [1.82, 2.24) is 15.4 Å². The van der Waals surface area contributed by atoms with E-state index in [9.17, 15) is 4.79 Å². The Morgan fingerprint density at radius 2 is 2.07 bits per heavy atom. The number of hydrazone groups is 1. The number of aromatic nitrogens is 2. The van der Waals surface area contributed by atoms with Gasteiger partial charge in [-0.05, 0) is 49.4 Å². The summed E-state index contributed by atoms with van der Waals surface area (Å²) in [7, 11) is 0. The molecule has 0 aliphatic heterocycles. The van der Waals surface area contributed by atoms with Gasteiger partial charge in [-0.2, -0.15) is 5.10 Å². The Labute approximate surface area is 159 Å². The van der Waals surface area contributed by atoms with Crippen molar-refractivity contribution in [3.05, 3.63) is 76.7 Å². The molecule has 0 atom stereocenters. The van der Waals surface area contributed by atoms with Gasteiger partial charge in [0.15, 0.2) is 0 Å². The van der Waals surface area contributed by atoms with Gasteiger partial charge in [0.1, 0.15) is 17.3 Å². The molecule has 0 bridgehead atoms. The third kappa shape index (κ3) is 3.61. The summed E-state index contributed by atoms with van der Waals surface area (Å²) in [6.07, 6.45) is 1.45. The van der Waals surface area contributed by atoms with Crippen molar-refractivity contribution < 1.29 is 9.21 Å². The first-order valence-corrected chi connectivity index (χ1v) is 8.62. The Morgan fingerprint density at radius 3 is 2.85 bits per heavy atom. The molecule has 0 saturated heterocycles. The molecule has 4 rings (SSSR count). The average molecular weight is 379 g/mol. The van der Waals surface area contributed by atoms with E-state index in [1.54, 1.807) is 24.3 Å². The van der Waals surface area contributed by atoms with Crippen LogP contribution in [0.2, 0.25) is 5.02 Å². The van der Waals surface area contributed by atoms with Crippen LogP contribution in [-0.4, -0.2) is 22.1 Å². The summed E-state index contributed by atoms with van der Waals surface area (Å²) in [4.78, 5) is 20.0. The fourth-order valence-corrected chi connectivity index (χ4v) is 2.90. The third-order valence-electron chi connectivity index (χ3n) is 3.99. The van der Waals surface area contributed by atoms with E-state index >= 15 is 0 Å². The number of rotatable bonds is 4. The fraction of sp³-hybridized carbons (Fsp3) is 0.0500. The number of halogens is 1. The number of imidazole rings is 1. The zero-order valence-electron chi connectivity index (χ0n) is 14.4. The van der Waals surface area contributed by atoms with Crippen LogP contribution < -0.4 is 5.43 Å². The monoisotopic (exact) mass is 378 g/mol. The van der Waals surface area contributed by atoms with Crippen molar-refractivity contribution in [1.29, 1.82) is 0 Å². The van der Waals surface area contributed by atoms with Gasteiger partial charge in [0.2, 0.25) is 0 Å². The zero-order chi connectivity index (χ0) is 18.8. The van der Waals surface area contributed by atoms with E-state index in [1.165, 1.54) is 6.21 Å². The molecule has 2 N–H and O–H groups in total. The lowest BCUT2D eigenvalue weighted by molar-refractivity contribution is 0.0955. The summed E-state index contributed by atoms with van der Waals surface area (Å²) in [5, 5.41) is 4.52. The van der Waals surface area contributed by atoms with E-state index < -0.39 is 0 Å². The smallest absolute Gasteiger partial charge is 0.271 e. The van der Waals surface area contributed by atoms with E-state index in [2.05, 4.69) is 20.5 Å². The summed E-state index contributed by atoms with van der Waals surface area (Å²) in [5.74, 6) is 1.67. The van der Waals surface area contributed by atoms with Gasteiger partial charge in [0.25, 0.3) is 5.91 Å². The van der Waals surface area contributed by atoms with Gasteiger partial charge >= 0.3 is 0 Å². The Balaban J connectivity index is 1.55. The molecule has 1 amide bonds. The molecule has 0 aliphatic carbocycles. The topological polar surface area (TPSA) is 83.3 Å². The number of carbonyl (C=O) groups excluding carboxylic acids is 1. The number of fused-ring (bicyclic) bond motifs is 1. The summed E-state index contributed by atoms with van der Waals surface area (Å²) in [5.41, 5.74) is 5.24. The van der Waals surface area contributed by atoms with Crippen LogP contribution >= 0.6 is 11.6 Å². The van der Waals surface area contributed by atoms with Gasteiger partial charge in [-0.1, -0.05) is 23.7 Å². The number of hydrogen-bond donors (Lipinski definition) is 2. The largest absolute Gasteiger partial charge is 0.460 e. The van der Waals surface area contributed by atoms with Gasteiger partial charge in [-0.25, -0.2) is 10.4 Å². The van der Waals surface area contributed by atoms with Crippen LogP contribution in [0.25, 0.3) is 22.4 Å². The van der Waals surface area contributed by atoms with Gasteiger partial charge < -0.3 is 9.40 Å². The molecule has 2 aromatic heterocycles. The highest BCUT2D eigenvalue weighted by molar-refractivity contribution is 6.33. The highest BCUT2D eigenvalue weighted by Crippen LogP contribution is 2.27. The minimum absolute atomic E-state index is 0.328. The number of nitrogens with zero attached hydrogens (tertiary/aromatic N) is 2. The Bertz CT molecular complexity index is 1160. The molecule has 134 valence electrons. The third-order valence-corrected chi connectivity index (χ3v) is 4.32. The van der Waals surface area contributed by atoms with Crippen molar-refractivity contribution in [3.8, 4) is 11.4 Å². The van der Waals surface area contributed by atoms with Gasteiger partial charge in [0.05, 0.1) is 22.3 Å². The molecule has 0 aliphatic rings. The number of furan rings is 1. The molecule has 2 aromatic carbocycles.